The Labute approximate surface area is 251 Å². The molecule has 0 bridgehead atoms. The van der Waals surface area contributed by atoms with Gasteiger partial charge in [-0.05, 0) is 73.7 Å². The van der Waals surface area contributed by atoms with Gasteiger partial charge in [0.05, 0.1) is 25.7 Å². The normalized spacial score (nSPS) is 11.1. The fourth-order valence-electron chi connectivity index (χ4n) is 4.13. The standard InChI is InChI=1S/C32H34N2O8S/c1-5-31(35)34(22-24-21-27(38-3)14-17-30(24)39-4)29-7-6-18-33-32(29)42-26-12-10-25(11-13-26)40-19-20-41-43(36,37)28-15-8-23(2)9-16-28/h6-18,21H,5,19-20,22H2,1-4H3. The molecule has 226 valence electrons. The van der Waals surface area contributed by atoms with Crippen LogP contribution in [0.4, 0.5) is 5.69 Å². The topological polar surface area (TPSA) is 113 Å². The molecule has 1 heterocycles. The molecule has 4 rings (SSSR count). The molecule has 0 radical (unpaired) electrons. The summed E-state index contributed by atoms with van der Waals surface area (Å²) in [4.78, 5) is 19.2. The number of amides is 1. The van der Waals surface area contributed by atoms with Crippen molar-refractivity contribution in [1.29, 1.82) is 0 Å². The van der Waals surface area contributed by atoms with Crippen LogP contribution in [0.5, 0.6) is 28.9 Å². The highest BCUT2D eigenvalue weighted by Crippen LogP contribution is 2.34. The van der Waals surface area contributed by atoms with Crippen molar-refractivity contribution in [2.24, 2.45) is 0 Å². The number of aromatic nitrogens is 1. The molecule has 1 aromatic heterocycles. The van der Waals surface area contributed by atoms with Crippen LogP contribution in [0.15, 0.2) is 90.0 Å². The first-order valence-electron chi connectivity index (χ1n) is 13.6. The zero-order valence-electron chi connectivity index (χ0n) is 24.5. The number of ether oxygens (including phenoxy) is 4. The molecule has 0 N–H and O–H groups in total. The molecule has 0 fully saturated rings. The number of methoxy groups -OCH3 is 2. The molecule has 0 aliphatic rings. The van der Waals surface area contributed by atoms with E-state index in [-0.39, 0.29) is 42.9 Å². The number of carbonyl (C=O) groups excluding carboxylic acids is 1. The second-order valence-electron chi connectivity index (χ2n) is 9.35. The molecule has 1 amide bonds. The maximum atomic E-state index is 13.1. The number of hydrogen-bond acceptors (Lipinski definition) is 9. The summed E-state index contributed by atoms with van der Waals surface area (Å²) in [5.41, 5.74) is 2.21. The van der Waals surface area contributed by atoms with E-state index in [1.165, 1.54) is 12.1 Å². The predicted molar refractivity (Wildman–Crippen MR) is 162 cm³/mol. The SMILES string of the molecule is CCC(=O)N(Cc1cc(OC)ccc1OC)c1cccnc1Oc1ccc(OCCOS(=O)(=O)c2ccc(C)cc2)cc1. The lowest BCUT2D eigenvalue weighted by atomic mass is 10.1. The fraction of sp³-hybridized carbons (Fsp3) is 0.250. The molecule has 11 heteroatoms. The number of hydrogen-bond donors (Lipinski definition) is 0. The summed E-state index contributed by atoms with van der Waals surface area (Å²) in [5, 5.41) is 0. The van der Waals surface area contributed by atoms with E-state index in [0.29, 0.717) is 28.7 Å². The molecular weight excluding hydrogens is 572 g/mol. The first-order valence-corrected chi connectivity index (χ1v) is 15.0. The van der Waals surface area contributed by atoms with Crippen LogP contribution in [0.25, 0.3) is 0 Å². The zero-order chi connectivity index (χ0) is 30.8. The van der Waals surface area contributed by atoms with Crippen molar-refractivity contribution in [2.45, 2.75) is 31.7 Å². The van der Waals surface area contributed by atoms with Crippen LogP contribution in [0.1, 0.15) is 24.5 Å². The Morgan fingerprint density at radius 1 is 0.860 bits per heavy atom. The van der Waals surface area contributed by atoms with E-state index < -0.39 is 10.1 Å². The van der Waals surface area contributed by atoms with Crippen molar-refractivity contribution >= 4 is 21.7 Å². The lowest BCUT2D eigenvalue weighted by Gasteiger charge is -2.25. The number of pyridine rings is 1. The van der Waals surface area contributed by atoms with Crippen LogP contribution >= 0.6 is 0 Å². The highest BCUT2D eigenvalue weighted by Gasteiger charge is 2.22. The van der Waals surface area contributed by atoms with Gasteiger partial charge >= 0.3 is 0 Å². The van der Waals surface area contributed by atoms with E-state index in [2.05, 4.69) is 4.98 Å². The summed E-state index contributed by atoms with van der Waals surface area (Å²) < 4.78 is 52.4. The maximum absolute atomic E-state index is 13.1. The average Bonchev–Trinajstić information content (AvgIpc) is 3.03. The smallest absolute Gasteiger partial charge is 0.297 e. The van der Waals surface area contributed by atoms with Gasteiger partial charge in [0.15, 0.2) is 0 Å². The van der Waals surface area contributed by atoms with Gasteiger partial charge < -0.3 is 23.8 Å². The second kappa shape index (κ2) is 14.5. The zero-order valence-corrected chi connectivity index (χ0v) is 25.3. The largest absolute Gasteiger partial charge is 0.497 e. The molecule has 0 unspecified atom stereocenters. The summed E-state index contributed by atoms with van der Waals surface area (Å²) in [6, 6.07) is 22.1. The summed E-state index contributed by atoms with van der Waals surface area (Å²) in [6.45, 7) is 3.75. The predicted octanol–water partition coefficient (Wildman–Crippen LogP) is 5.93. The Hall–Kier alpha value is -4.61. The van der Waals surface area contributed by atoms with Crippen molar-refractivity contribution in [3.8, 4) is 28.9 Å². The van der Waals surface area contributed by atoms with Gasteiger partial charge in [-0.25, -0.2) is 4.98 Å². The van der Waals surface area contributed by atoms with E-state index in [1.54, 1.807) is 92.9 Å². The Bertz CT molecular complexity index is 1620. The van der Waals surface area contributed by atoms with E-state index in [4.69, 9.17) is 23.1 Å². The van der Waals surface area contributed by atoms with E-state index >= 15 is 0 Å². The van der Waals surface area contributed by atoms with Crippen molar-refractivity contribution < 1.29 is 36.3 Å². The lowest BCUT2D eigenvalue weighted by Crippen LogP contribution is -2.30. The number of aryl methyl sites for hydroxylation is 1. The maximum Gasteiger partial charge on any atom is 0.297 e. The second-order valence-corrected chi connectivity index (χ2v) is 11.0. The van der Waals surface area contributed by atoms with Gasteiger partial charge in [-0.3, -0.25) is 8.98 Å². The minimum Gasteiger partial charge on any atom is -0.497 e. The minimum atomic E-state index is -3.87. The van der Waals surface area contributed by atoms with Crippen molar-refractivity contribution in [2.75, 3.05) is 32.3 Å². The van der Waals surface area contributed by atoms with Gasteiger partial charge in [-0.2, -0.15) is 8.42 Å². The van der Waals surface area contributed by atoms with Crippen LogP contribution in [-0.4, -0.2) is 46.7 Å². The highest BCUT2D eigenvalue weighted by atomic mass is 32.2. The molecule has 10 nitrogen and oxygen atoms in total. The Balaban J connectivity index is 1.42. The quantitative estimate of drug-likeness (QED) is 0.127. The van der Waals surface area contributed by atoms with Gasteiger partial charge in [0.25, 0.3) is 10.1 Å². The number of anilines is 1. The molecule has 4 aromatic rings. The fourth-order valence-corrected chi connectivity index (χ4v) is 5.03. The summed E-state index contributed by atoms with van der Waals surface area (Å²) in [7, 11) is -0.717. The monoisotopic (exact) mass is 606 g/mol. The molecule has 0 saturated heterocycles. The number of carbonyl (C=O) groups is 1. The van der Waals surface area contributed by atoms with Crippen LogP contribution in [0.3, 0.4) is 0 Å². The number of rotatable bonds is 14. The van der Waals surface area contributed by atoms with E-state index in [9.17, 15) is 13.2 Å². The Morgan fingerprint density at radius 3 is 2.23 bits per heavy atom. The van der Waals surface area contributed by atoms with Crippen molar-refractivity contribution in [1.82, 2.24) is 4.98 Å². The molecule has 43 heavy (non-hydrogen) atoms. The third-order valence-corrected chi connectivity index (χ3v) is 7.73. The average molecular weight is 607 g/mol. The molecule has 0 aliphatic heterocycles. The number of benzene rings is 3. The molecule has 0 saturated carbocycles. The summed E-state index contributed by atoms with van der Waals surface area (Å²) >= 11 is 0. The Kier molecular flexibility index (Phi) is 10.6. The van der Waals surface area contributed by atoms with Crippen LogP contribution < -0.4 is 23.8 Å². The van der Waals surface area contributed by atoms with Crippen LogP contribution in [0.2, 0.25) is 0 Å². The van der Waals surface area contributed by atoms with E-state index in [0.717, 1.165) is 11.1 Å². The van der Waals surface area contributed by atoms with Crippen LogP contribution in [-0.2, 0) is 25.6 Å². The van der Waals surface area contributed by atoms with Crippen molar-refractivity contribution in [3.05, 3.63) is 96.2 Å². The van der Waals surface area contributed by atoms with Gasteiger partial charge in [-0.15, -0.1) is 0 Å². The molecular formula is C32H34N2O8S. The molecule has 0 atom stereocenters. The summed E-state index contributed by atoms with van der Waals surface area (Å²) in [5.74, 6) is 2.35. The Morgan fingerprint density at radius 2 is 1.56 bits per heavy atom. The number of nitrogens with zero attached hydrogens (tertiary/aromatic N) is 2. The molecule has 0 aliphatic carbocycles. The van der Waals surface area contributed by atoms with Gasteiger partial charge in [0.2, 0.25) is 11.8 Å². The van der Waals surface area contributed by atoms with Crippen LogP contribution in [0, 0.1) is 6.92 Å². The van der Waals surface area contributed by atoms with Crippen molar-refractivity contribution in [3.63, 3.8) is 0 Å². The van der Waals surface area contributed by atoms with E-state index in [1.807, 2.05) is 13.0 Å². The van der Waals surface area contributed by atoms with Gasteiger partial charge in [0, 0.05) is 18.2 Å². The highest BCUT2D eigenvalue weighted by molar-refractivity contribution is 7.86. The van der Waals surface area contributed by atoms with Gasteiger partial charge in [-0.1, -0.05) is 24.6 Å². The minimum absolute atomic E-state index is 0.0253. The first-order chi connectivity index (χ1) is 20.7. The first kappa shape index (κ1) is 31.3. The third-order valence-electron chi connectivity index (χ3n) is 6.40. The molecule has 0 spiro atoms. The molecule has 3 aromatic carbocycles. The van der Waals surface area contributed by atoms with Gasteiger partial charge in [0.1, 0.15) is 41.9 Å². The lowest BCUT2D eigenvalue weighted by molar-refractivity contribution is -0.118. The summed E-state index contributed by atoms with van der Waals surface area (Å²) in [6.07, 6.45) is 1.85. The third kappa shape index (κ3) is 8.24.